The quantitative estimate of drug-likeness (QED) is 0.718. The molecule has 6 nitrogen and oxygen atoms in total. The van der Waals surface area contributed by atoms with E-state index in [1.54, 1.807) is 24.5 Å². The SMILES string of the molecule is Cc1nn(-c2ccccc2)c(C)c1[C@@H]1COCCN1C(=O)c1ccncc1. The Hall–Kier alpha value is -2.99. The van der Waals surface area contributed by atoms with Gasteiger partial charge in [-0.05, 0) is 38.1 Å². The summed E-state index contributed by atoms with van der Waals surface area (Å²) in [6.07, 6.45) is 3.29. The molecule has 1 aliphatic rings. The van der Waals surface area contributed by atoms with Crippen LogP contribution in [0.25, 0.3) is 5.69 Å². The summed E-state index contributed by atoms with van der Waals surface area (Å²) < 4.78 is 7.67. The third-order valence-electron chi connectivity index (χ3n) is 5.00. The Morgan fingerprint density at radius 1 is 1.11 bits per heavy atom. The molecule has 0 bridgehead atoms. The maximum Gasteiger partial charge on any atom is 0.254 e. The van der Waals surface area contributed by atoms with E-state index in [0.717, 1.165) is 22.6 Å². The number of aryl methyl sites for hydroxylation is 1. The molecular weight excluding hydrogens is 340 g/mol. The molecule has 2 aromatic heterocycles. The third kappa shape index (κ3) is 3.24. The van der Waals surface area contributed by atoms with E-state index in [9.17, 15) is 4.79 Å². The summed E-state index contributed by atoms with van der Waals surface area (Å²) in [4.78, 5) is 19.0. The maximum absolute atomic E-state index is 13.1. The first-order chi connectivity index (χ1) is 13.2. The lowest BCUT2D eigenvalue weighted by Crippen LogP contribution is -2.43. The zero-order chi connectivity index (χ0) is 18.8. The van der Waals surface area contributed by atoms with Gasteiger partial charge in [-0.25, -0.2) is 4.68 Å². The number of morpholine rings is 1. The predicted octanol–water partition coefficient (Wildman–Crippen LogP) is 3.10. The lowest BCUT2D eigenvalue weighted by atomic mass is 10.0. The number of aromatic nitrogens is 3. The zero-order valence-electron chi connectivity index (χ0n) is 15.5. The summed E-state index contributed by atoms with van der Waals surface area (Å²) in [5.74, 6) is -0.00281. The highest BCUT2D eigenvalue weighted by Gasteiger charge is 2.33. The smallest absolute Gasteiger partial charge is 0.254 e. The van der Waals surface area contributed by atoms with Gasteiger partial charge in [0, 0.05) is 35.8 Å². The molecule has 0 spiro atoms. The van der Waals surface area contributed by atoms with E-state index in [0.29, 0.717) is 25.3 Å². The van der Waals surface area contributed by atoms with Crippen LogP contribution in [0.4, 0.5) is 0 Å². The molecule has 1 aliphatic heterocycles. The van der Waals surface area contributed by atoms with Crippen molar-refractivity contribution in [3.05, 3.63) is 77.4 Å². The largest absolute Gasteiger partial charge is 0.377 e. The van der Waals surface area contributed by atoms with Crippen molar-refractivity contribution in [3.63, 3.8) is 0 Å². The van der Waals surface area contributed by atoms with Gasteiger partial charge in [0.1, 0.15) is 0 Å². The van der Waals surface area contributed by atoms with Crippen LogP contribution in [0.3, 0.4) is 0 Å². The number of pyridine rings is 1. The lowest BCUT2D eigenvalue weighted by Gasteiger charge is -2.36. The van der Waals surface area contributed by atoms with Gasteiger partial charge in [0.2, 0.25) is 0 Å². The molecule has 3 aromatic rings. The molecule has 1 amide bonds. The van der Waals surface area contributed by atoms with Gasteiger partial charge in [-0.15, -0.1) is 0 Å². The Labute approximate surface area is 158 Å². The molecule has 4 rings (SSSR count). The van der Waals surface area contributed by atoms with Crippen LogP contribution in [0.15, 0.2) is 54.9 Å². The van der Waals surface area contributed by atoms with Crippen LogP contribution in [0.2, 0.25) is 0 Å². The topological polar surface area (TPSA) is 60.2 Å². The first-order valence-electron chi connectivity index (χ1n) is 9.07. The lowest BCUT2D eigenvalue weighted by molar-refractivity contribution is -0.00304. The number of benzene rings is 1. The van der Waals surface area contributed by atoms with Crippen molar-refractivity contribution in [2.24, 2.45) is 0 Å². The molecule has 27 heavy (non-hydrogen) atoms. The number of carbonyl (C=O) groups excluding carboxylic acids is 1. The summed E-state index contributed by atoms with van der Waals surface area (Å²) in [5, 5.41) is 4.74. The maximum atomic E-state index is 13.1. The highest BCUT2D eigenvalue weighted by molar-refractivity contribution is 5.94. The Balaban J connectivity index is 1.73. The van der Waals surface area contributed by atoms with Crippen LogP contribution < -0.4 is 0 Å². The van der Waals surface area contributed by atoms with Crippen LogP contribution in [0, 0.1) is 13.8 Å². The van der Waals surface area contributed by atoms with Crippen LogP contribution >= 0.6 is 0 Å². The van der Waals surface area contributed by atoms with Gasteiger partial charge in [-0.3, -0.25) is 9.78 Å². The molecule has 1 atom stereocenters. The molecule has 0 N–H and O–H groups in total. The summed E-state index contributed by atoms with van der Waals surface area (Å²) >= 11 is 0. The van der Waals surface area contributed by atoms with Crippen molar-refractivity contribution in [2.45, 2.75) is 19.9 Å². The fourth-order valence-electron chi connectivity index (χ4n) is 3.70. The number of carbonyl (C=O) groups is 1. The first-order valence-corrected chi connectivity index (χ1v) is 9.07. The van der Waals surface area contributed by atoms with Crippen LogP contribution in [-0.4, -0.2) is 45.3 Å². The minimum absolute atomic E-state index is 0.00281. The van der Waals surface area contributed by atoms with E-state index < -0.39 is 0 Å². The summed E-state index contributed by atoms with van der Waals surface area (Å²) in [5.41, 5.74) is 4.65. The van der Waals surface area contributed by atoms with E-state index in [-0.39, 0.29) is 11.9 Å². The molecule has 6 heteroatoms. The van der Waals surface area contributed by atoms with Crippen molar-refractivity contribution < 1.29 is 9.53 Å². The second-order valence-corrected chi connectivity index (χ2v) is 6.66. The molecule has 0 radical (unpaired) electrons. The fourth-order valence-corrected chi connectivity index (χ4v) is 3.70. The molecule has 3 heterocycles. The first kappa shape index (κ1) is 17.4. The van der Waals surface area contributed by atoms with Gasteiger partial charge in [0.25, 0.3) is 5.91 Å². The number of amides is 1. The normalized spacial score (nSPS) is 17.1. The third-order valence-corrected chi connectivity index (χ3v) is 5.00. The Morgan fingerprint density at radius 2 is 1.85 bits per heavy atom. The standard InChI is InChI=1S/C21H22N4O2/c1-15-20(16(2)25(23-15)18-6-4-3-5-7-18)19-14-27-13-12-24(19)21(26)17-8-10-22-11-9-17/h3-11,19H,12-14H2,1-2H3/t19-/m0/s1. The van der Waals surface area contributed by atoms with Gasteiger partial charge in [0.15, 0.2) is 0 Å². The molecule has 0 aliphatic carbocycles. The zero-order valence-corrected chi connectivity index (χ0v) is 15.5. The summed E-state index contributed by atoms with van der Waals surface area (Å²) in [7, 11) is 0. The van der Waals surface area contributed by atoms with Crippen molar-refractivity contribution >= 4 is 5.91 Å². The predicted molar refractivity (Wildman–Crippen MR) is 102 cm³/mol. The number of hydrogen-bond acceptors (Lipinski definition) is 4. The van der Waals surface area contributed by atoms with Gasteiger partial charge in [-0.1, -0.05) is 18.2 Å². The minimum atomic E-state index is -0.156. The molecule has 0 unspecified atom stereocenters. The van der Waals surface area contributed by atoms with Crippen LogP contribution in [0.1, 0.15) is 33.4 Å². The van der Waals surface area contributed by atoms with Gasteiger partial charge in [-0.2, -0.15) is 5.10 Å². The van der Waals surface area contributed by atoms with Crippen molar-refractivity contribution in [2.75, 3.05) is 19.8 Å². The van der Waals surface area contributed by atoms with E-state index in [4.69, 9.17) is 9.84 Å². The molecule has 0 saturated carbocycles. The van der Waals surface area contributed by atoms with Crippen molar-refractivity contribution in [3.8, 4) is 5.69 Å². The van der Waals surface area contributed by atoms with E-state index in [1.165, 1.54) is 0 Å². The van der Waals surface area contributed by atoms with Crippen molar-refractivity contribution in [1.29, 1.82) is 0 Å². The molecule has 138 valence electrons. The van der Waals surface area contributed by atoms with E-state index >= 15 is 0 Å². The van der Waals surface area contributed by atoms with Crippen LogP contribution in [0.5, 0.6) is 0 Å². The summed E-state index contributed by atoms with van der Waals surface area (Å²) in [6.45, 7) is 5.61. The van der Waals surface area contributed by atoms with Gasteiger partial charge in [0.05, 0.1) is 30.6 Å². The highest BCUT2D eigenvalue weighted by Crippen LogP contribution is 2.31. The van der Waals surface area contributed by atoms with Gasteiger partial charge < -0.3 is 9.64 Å². The second kappa shape index (κ2) is 7.32. The van der Waals surface area contributed by atoms with Gasteiger partial charge >= 0.3 is 0 Å². The Kier molecular flexibility index (Phi) is 4.73. The Morgan fingerprint density at radius 3 is 2.59 bits per heavy atom. The average molecular weight is 362 g/mol. The monoisotopic (exact) mass is 362 g/mol. The average Bonchev–Trinajstić information content (AvgIpc) is 3.03. The van der Waals surface area contributed by atoms with Crippen LogP contribution in [-0.2, 0) is 4.74 Å². The number of para-hydroxylation sites is 1. The minimum Gasteiger partial charge on any atom is -0.377 e. The highest BCUT2D eigenvalue weighted by atomic mass is 16.5. The number of rotatable bonds is 3. The molecular formula is C21H22N4O2. The van der Waals surface area contributed by atoms with Crippen molar-refractivity contribution in [1.82, 2.24) is 19.7 Å². The molecule has 1 aromatic carbocycles. The molecule has 1 fully saturated rings. The van der Waals surface area contributed by atoms with E-state index in [1.807, 2.05) is 53.8 Å². The molecule has 1 saturated heterocycles. The summed E-state index contributed by atoms with van der Waals surface area (Å²) in [6, 6.07) is 13.4. The second-order valence-electron chi connectivity index (χ2n) is 6.66. The number of ether oxygens (including phenoxy) is 1. The van der Waals surface area contributed by atoms with E-state index in [2.05, 4.69) is 4.98 Å². The Bertz CT molecular complexity index is 938. The number of hydrogen-bond donors (Lipinski definition) is 0. The fraction of sp³-hybridized carbons (Fsp3) is 0.286. The number of nitrogens with zero attached hydrogens (tertiary/aromatic N) is 4.